The van der Waals surface area contributed by atoms with Crippen molar-refractivity contribution < 1.29 is 9.90 Å². The minimum absolute atomic E-state index is 0.0551. The lowest BCUT2D eigenvalue weighted by Gasteiger charge is -2.09. The third kappa shape index (κ3) is 2.99. The van der Waals surface area contributed by atoms with Crippen LogP contribution in [-0.4, -0.2) is 11.0 Å². The summed E-state index contributed by atoms with van der Waals surface area (Å²) in [5.74, 6) is -0.0905. The van der Waals surface area contributed by atoms with E-state index in [0.29, 0.717) is 30.5 Å². The fraction of sp³-hybridized carbons (Fsp3) is 0.333. The number of anilines is 1. The predicted molar refractivity (Wildman–Crippen MR) is 61.0 cm³/mol. The molecule has 1 aromatic rings. The first-order valence-electron chi connectivity index (χ1n) is 5.16. The van der Waals surface area contributed by atoms with Crippen molar-refractivity contribution in [3.8, 4) is 11.8 Å². The highest BCUT2D eigenvalue weighted by atomic mass is 16.3. The standard InChI is InChI=1S/C12H14N2O2/c1-2-11(15)14-10-7-3-5-9(12(10)16)6-4-8-13/h3,5,7,16H,2,4,6H2,1H3,(H,14,15). The van der Waals surface area contributed by atoms with Gasteiger partial charge in [-0.3, -0.25) is 4.79 Å². The molecule has 0 aliphatic carbocycles. The van der Waals surface area contributed by atoms with Crippen LogP contribution in [0.5, 0.6) is 5.75 Å². The summed E-state index contributed by atoms with van der Waals surface area (Å²) in [5.41, 5.74) is 1.08. The van der Waals surface area contributed by atoms with Gasteiger partial charge < -0.3 is 10.4 Å². The van der Waals surface area contributed by atoms with E-state index >= 15 is 0 Å². The molecule has 4 heteroatoms. The molecule has 1 amide bonds. The molecule has 2 N–H and O–H groups in total. The largest absolute Gasteiger partial charge is 0.505 e. The van der Waals surface area contributed by atoms with E-state index in [9.17, 15) is 9.90 Å². The van der Waals surface area contributed by atoms with Crippen LogP contribution >= 0.6 is 0 Å². The lowest BCUT2D eigenvalue weighted by molar-refractivity contribution is -0.115. The van der Waals surface area contributed by atoms with Gasteiger partial charge >= 0.3 is 0 Å². The third-order valence-electron chi connectivity index (χ3n) is 2.22. The highest BCUT2D eigenvalue weighted by Gasteiger charge is 2.08. The summed E-state index contributed by atoms with van der Waals surface area (Å²) in [7, 11) is 0. The zero-order valence-electron chi connectivity index (χ0n) is 9.16. The van der Waals surface area contributed by atoms with Crippen LogP contribution in [0.3, 0.4) is 0 Å². The molecule has 16 heavy (non-hydrogen) atoms. The maximum atomic E-state index is 11.2. The number of carbonyl (C=O) groups excluding carboxylic acids is 1. The molecule has 0 aromatic heterocycles. The predicted octanol–water partition coefficient (Wildman–Crippen LogP) is 2.20. The maximum Gasteiger partial charge on any atom is 0.224 e. The van der Waals surface area contributed by atoms with Crippen molar-refractivity contribution in [2.24, 2.45) is 0 Å². The number of rotatable bonds is 4. The molecule has 0 fully saturated rings. The average Bonchev–Trinajstić information content (AvgIpc) is 2.30. The van der Waals surface area contributed by atoms with Gasteiger partial charge in [-0.25, -0.2) is 0 Å². The van der Waals surface area contributed by atoms with E-state index < -0.39 is 0 Å². The van der Waals surface area contributed by atoms with E-state index in [1.165, 1.54) is 0 Å². The Morgan fingerprint density at radius 2 is 2.31 bits per heavy atom. The molecule has 0 aliphatic rings. The van der Waals surface area contributed by atoms with Crippen LogP contribution in [0, 0.1) is 11.3 Å². The average molecular weight is 218 g/mol. The van der Waals surface area contributed by atoms with Crippen molar-refractivity contribution in [1.82, 2.24) is 0 Å². The molecule has 0 bridgehead atoms. The first-order valence-corrected chi connectivity index (χ1v) is 5.16. The van der Waals surface area contributed by atoms with Crippen LogP contribution in [0.25, 0.3) is 0 Å². The Kier molecular flexibility index (Phi) is 4.34. The number of para-hydroxylation sites is 1. The number of phenols is 1. The van der Waals surface area contributed by atoms with Crippen LogP contribution in [0.4, 0.5) is 5.69 Å². The summed E-state index contributed by atoms with van der Waals surface area (Å²) < 4.78 is 0. The Bertz CT molecular complexity index is 422. The SMILES string of the molecule is CCC(=O)Nc1cccc(CCC#N)c1O. The quantitative estimate of drug-likeness (QED) is 0.761. The van der Waals surface area contributed by atoms with E-state index in [-0.39, 0.29) is 11.7 Å². The second kappa shape index (κ2) is 5.76. The van der Waals surface area contributed by atoms with Crippen LogP contribution in [0.15, 0.2) is 18.2 Å². The van der Waals surface area contributed by atoms with Gasteiger partial charge in [0.15, 0.2) is 0 Å². The third-order valence-corrected chi connectivity index (χ3v) is 2.22. The molecule has 0 radical (unpaired) electrons. The molecular formula is C12H14N2O2. The summed E-state index contributed by atoms with van der Waals surface area (Å²) in [4.78, 5) is 11.2. The lowest BCUT2D eigenvalue weighted by atomic mass is 10.1. The van der Waals surface area contributed by atoms with E-state index in [4.69, 9.17) is 5.26 Å². The molecule has 0 saturated heterocycles. The summed E-state index contributed by atoms with van der Waals surface area (Å²) in [6.07, 6.45) is 1.19. The van der Waals surface area contributed by atoms with Crippen LogP contribution in [0.1, 0.15) is 25.3 Å². The first-order chi connectivity index (χ1) is 7.69. The number of nitrogens with zero attached hydrogens (tertiary/aromatic N) is 1. The first kappa shape index (κ1) is 12.1. The van der Waals surface area contributed by atoms with Gasteiger partial charge in [-0.15, -0.1) is 0 Å². The molecule has 4 nitrogen and oxygen atoms in total. The van der Waals surface area contributed by atoms with Gasteiger partial charge in [0.25, 0.3) is 0 Å². The molecule has 0 saturated carbocycles. The van der Waals surface area contributed by atoms with Gasteiger partial charge in [0.2, 0.25) is 5.91 Å². The number of hydrogen-bond donors (Lipinski definition) is 2. The lowest BCUT2D eigenvalue weighted by Crippen LogP contribution is -2.09. The van der Waals surface area contributed by atoms with Crippen LogP contribution in [-0.2, 0) is 11.2 Å². The molecule has 1 rings (SSSR count). The Morgan fingerprint density at radius 3 is 2.94 bits per heavy atom. The summed E-state index contributed by atoms with van der Waals surface area (Å²) >= 11 is 0. The summed E-state index contributed by atoms with van der Waals surface area (Å²) in [6, 6.07) is 7.15. The number of aryl methyl sites for hydroxylation is 1. The number of amides is 1. The molecule has 0 heterocycles. The number of aromatic hydroxyl groups is 1. The zero-order chi connectivity index (χ0) is 12.0. The molecule has 1 aromatic carbocycles. The number of hydrogen-bond acceptors (Lipinski definition) is 3. The highest BCUT2D eigenvalue weighted by molar-refractivity contribution is 5.92. The van der Waals surface area contributed by atoms with Gasteiger partial charge in [0, 0.05) is 12.8 Å². The Labute approximate surface area is 94.5 Å². The van der Waals surface area contributed by atoms with Gasteiger partial charge in [0.1, 0.15) is 5.75 Å². The molecule has 0 aliphatic heterocycles. The second-order valence-corrected chi connectivity index (χ2v) is 3.37. The van der Waals surface area contributed by atoms with E-state index in [1.807, 2.05) is 6.07 Å². The van der Waals surface area contributed by atoms with Gasteiger partial charge in [-0.1, -0.05) is 19.1 Å². The van der Waals surface area contributed by atoms with Crippen molar-refractivity contribution in [2.75, 3.05) is 5.32 Å². The monoisotopic (exact) mass is 218 g/mol. The van der Waals surface area contributed by atoms with Crippen molar-refractivity contribution in [2.45, 2.75) is 26.2 Å². The number of benzene rings is 1. The molecule has 0 unspecified atom stereocenters. The number of phenolic OH excluding ortho intramolecular Hbond substituents is 1. The van der Waals surface area contributed by atoms with Gasteiger partial charge in [-0.2, -0.15) is 5.26 Å². The Morgan fingerprint density at radius 1 is 1.56 bits per heavy atom. The topological polar surface area (TPSA) is 73.1 Å². The summed E-state index contributed by atoms with van der Waals surface area (Å²) in [5, 5.41) is 20.9. The van der Waals surface area contributed by atoms with Crippen molar-refractivity contribution in [3.05, 3.63) is 23.8 Å². The van der Waals surface area contributed by atoms with Gasteiger partial charge in [-0.05, 0) is 18.1 Å². The minimum atomic E-state index is -0.146. The fourth-order valence-electron chi connectivity index (χ4n) is 1.32. The molecule has 84 valence electrons. The minimum Gasteiger partial charge on any atom is -0.505 e. The van der Waals surface area contributed by atoms with Crippen molar-refractivity contribution in [1.29, 1.82) is 5.26 Å². The van der Waals surface area contributed by atoms with Crippen molar-refractivity contribution in [3.63, 3.8) is 0 Å². The molecule has 0 spiro atoms. The fourth-order valence-corrected chi connectivity index (χ4v) is 1.32. The second-order valence-electron chi connectivity index (χ2n) is 3.37. The zero-order valence-corrected chi connectivity index (χ0v) is 9.16. The van der Waals surface area contributed by atoms with E-state index in [2.05, 4.69) is 5.32 Å². The number of nitriles is 1. The maximum absolute atomic E-state index is 11.2. The summed E-state index contributed by atoms with van der Waals surface area (Å²) in [6.45, 7) is 1.74. The van der Waals surface area contributed by atoms with Crippen molar-refractivity contribution >= 4 is 11.6 Å². The smallest absolute Gasteiger partial charge is 0.224 e. The van der Waals surface area contributed by atoms with E-state index in [0.717, 1.165) is 0 Å². The van der Waals surface area contributed by atoms with Crippen LogP contribution < -0.4 is 5.32 Å². The Balaban J connectivity index is 2.86. The van der Waals surface area contributed by atoms with Crippen LogP contribution in [0.2, 0.25) is 0 Å². The normalized spacial score (nSPS) is 9.50. The number of carbonyl (C=O) groups is 1. The van der Waals surface area contributed by atoms with E-state index in [1.54, 1.807) is 25.1 Å². The van der Waals surface area contributed by atoms with Gasteiger partial charge in [0.05, 0.1) is 11.8 Å². The Hall–Kier alpha value is -2.02. The highest BCUT2D eigenvalue weighted by Crippen LogP contribution is 2.28. The molecule has 0 atom stereocenters. The number of nitrogens with one attached hydrogen (secondary N) is 1. The molecular weight excluding hydrogens is 204 g/mol.